The largest absolute Gasteiger partial charge is 0.350 e. The molecule has 0 atom stereocenters. The zero-order valence-electron chi connectivity index (χ0n) is 8.55. The summed E-state index contributed by atoms with van der Waals surface area (Å²) in [7, 11) is 0. The van der Waals surface area contributed by atoms with Gasteiger partial charge in [-0.2, -0.15) is 5.10 Å². The van der Waals surface area contributed by atoms with Crippen molar-refractivity contribution in [2.45, 2.75) is 39.0 Å². The number of carbonyl (C=O) groups excluding carboxylic acids is 1. The SMILES string of the molecule is CC(/C=N/NC(N)=O)=C1CCCCC1. The number of hydrazone groups is 1. The highest BCUT2D eigenvalue weighted by Gasteiger charge is 2.06. The highest BCUT2D eigenvalue weighted by molar-refractivity contribution is 5.80. The molecule has 0 saturated heterocycles. The van der Waals surface area contributed by atoms with Crippen LogP contribution in [-0.2, 0) is 0 Å². The van der Waals surface area contributed by atoms with Crippen molar-refractivity contribution in [3.63, 3.8) is 0 Å². The minimum absolute atomic E-state index is 0.623. The predicted octanol–water partition coefficient (Wildman–Crippen LogP) is 1.92. The molecule has 0 heterocycles. The Bertz CT molecular complexity index is 261. The van der Waals surface area contributed by atoms with Crippen molar-refractivity contribution in [1.29, 1.82) is 0 Å². The summed E-state index contributed by atoms with van der Waals surface area (Å²) in [5, 5.41) is 3.74. The van der Waals surface area contributed by atoms with Crippen molar-refractivity contribution < 1.29 is 4.79 Å². The van der Waals surface area contributed by atoms with Crippen LogP contribution in [0.2, 0.25) is 0 Å². The Morgan fingerprint density at radius 3 is 2.64 bits per heavy atom. The van der Waals surface area contributed by atoms with Gasteiger partial charge in [-0.3, -0.25) is 0 Å². The quantitative estimate of drug-likeness (QED) is 0.513. The van der Waals surface area contributed by atoms with E-state index in [1.165, 1.54) is 24.8 Å². The highest BCUT2D eigenvalue weighted by atomic mass is 16.2. The summed E-state index contributed by atoms with van der Waals surface area (Å²) in [5.41, 5.74) is 9.67. The van der Waals surface area contributed by atoms with Crippen LogP contribution in [-0.4, -0.2) is 12.2 Å². The molecule has 0 unspecified atom stereocenters. The van der Waals surface area contributed by atoms with Gasteiger partial charge in [0.25, 0.3) is 0 Å². The van der Waals surface area contributed by atoms with E-state index in [1.54, 1.807) is 6.21 Å². The molecule has 0 aromatic carbocycles. The van der Waals surface area contributed by atoms with Crippen LogP contribution in [0.5, 0.6) is 0 Å². The number of hydrogen-bond acceptors (Lipinski definition) is 2. The van der Waals surface area contributed by atoms with Gasteiger partial charge in [0, 0.05) is 0 Å². The van der Waals surface area contributed by atoms with Crippen LogP contribution in [0.15, 0.2) is 16.2 Å². The summed E-state index contributed by atoms with van der Waals surface area (Å²) in [6, 6.07) is -0.623. The van der Waals surface area contributed by atoms with E-state index in [1.807, 2.05) is 6.92 Å². The van der Waals surface area contributed by atoms with Crippen molar-refractivity contribution in [3.8, 4) is 0 Å². The van der Waals surface area contributed by atoms with Gasteiger partial charge < -0.3 is 5.73 Å². The second-order valence-corrected chi connectivity index (χ2v) is 3.58. The average molecular weight is 195 g/mol. The Labute approximate surface area is 84.2 Å². The summed E-state index contributed by atoms with van der Waals surface area (Å²) in [4.78, 5) is 10.3. The smallest absolute Gasteiger partial charge is 0.332 e. The molecule has 3 N–H and O–H groups in total. The topological polar surface area (TPSA) is 67.5 Å². The number of nitrogens with zero attached hydrogens (tertiary/aromatic N) is 1. The molecular weight excluding hydrogens is 178 g/mol. The molecule has 1 fully saturated rings. The molecule has 0 aromatic heterocycles. The standard InChI is InChI=1S/C10H17N3O/c1-8(7-12-13-10(11)14)9-5-3-2-4-6-9/h7H,2-6H2,1H3,(H3,11,13,14)/b12-7+. The second kappa shape index (κ2) is 5.42. The van der Waals surface area contributed by atoms with Gasteiger partial charge in [-0.15, -0.1) is 0 Å². The fourth-order valence-corrected chi connectivity index (χ4v) is 1.66. The predicted molar refractivity (Wildman–Crippen MR) is 57.0 cm³/mol. The highest BCUT2D eigenvalue weighted by Crippen LogP contribution is 2.24. The fourth-order valence-electron chi connectivity index (χ4n) is 1.66. The maximum Gasteiger partial charge on any atom is 0.332 e. The van der Waals surface area contributed by atoms with Crippen LogP contribution in [0, 0.1) is 0 Å². The first-order chi connectivity index (χ1) is 6.70. The molecule has 78 valence electrons. The minimum Gasteiger partial charge on any atom is -0.350 e. The Hall–Kier alpha value is -1.32. The minimum atomic E-state index is -0.623. The fraction of sp³-hybridized carbons (Fsp3) is 0.600. The number of nitrogens with two attached hydrogens (primary N) is 1. The molecule has 14 heavy (non-hydrogen) atoms. The molecule has 0 aromatic rings. The maximum absolute atomic E-state index is 10.3. The summed E-state index contributed by atoms with van der Waals surface area (Å²) in [5.74, 6) is 0. The Morgan fingerprint density at radius 1 is 1.43 bits per heavy atom. The monoisotopic (exact) mass is 195 g/mol. The molecule has 0 spiro atoms. The first-order valence-corrected chi connectivity index (χ1v) is 4.97. The number of allylic oxidation sites excluding steroid dienone is 2. The van der Waals surface area contributed by atoms with Crippen LogP contribution in [0.3, 0.4) is 0 Å². The number of rotatable bonds is 2. The normalized spacial score (nSPS) is 17.1. The summed E-state index contributed by atoms with van der Waals surface area (Å²) in [6.07, 6.45) is 7.86. The average Bonchev–Trinajstić information content (AvgIpc) is 2.18. The third-order valence-corrected chi connectivity index (χ3v) is 2.45. The van der Waals surface area contributed by atoms with E-state index < -0.39 is 6.03 Å². The van der Waals surface area contributed by atoms with E-state index in [0.717, 1.165) is 18.4 Å². The summed E-state index contributed by atoms with van der Waals surface area (Å²) < 4.78 is 0. The van der Waals surface area contributed by atoms with Crippen molar-refractivity contribution in [1.82, 2.24) is 5.43 Å². The second-order valence-electron chi connectivity index (χ2n) is 3.58. The third kappa shape index (κ3) is 3.60. The van der Waals surface area contributed by atoms with E-state index >= 15 is 0 Å². The van der Waals surface area contributed by atoms with Gasteiger partial charge in [-0.1, -0.05) is 12.0 Å². The number of carbonyl (C=O) groups is 1. The van der Waals surface area contributed by atoms with E-state index in [-0.39, 0.29) is 0 Å². The molecule has 4 nitrogen and oxygen atoms in total. The van der Waals surface area contributed by atoms with E-state index in [9.17, 15) is 4.79 Å². The van der Waals surface area contributed by atoms with Crippen molar-refractivity contribution in [2.24, 2.45) is 10.8 Å². The zero-order valence-corrected chi connectivity index (χ0v) is 8.55. The van der Waals surface area contributed by atoms with Gasteiger partial charge in [0.05, 0.1) is 6.21 Å². The van der Waals surface area contributed by atoms with Crippen LogP contribution in [0.4, 0.5) is 4.79 Å². The first-order valence-electron chi connectivity index (χ1n) is 4.97. The lowest BCUT2D eigenvalue weighted by molar-refractivity contribution is 0.249. The number of nitrogens with one attached hydrogen (secondary N) is 1. The molecule has 1 saturated carbocycles. The third-order valence-electron chi connectivity index (χ3n) is 2.45. The van der Waals surface area contributed by atoms with Crippen LogP contribution in [0.1, 0.15) is 39.0 Å². The van der Waals surface area contributed by atoms with Gasteiger partial charge >= 0.3 is 6.03 Å². The van der Waals surface area contributed by atoms with Gasteiger partial charge in [-0.05, 0) is 38.2 Å². The van der Waals surface area contributed by atoms with Gasteiger partial charge in [0.15, 0.2) is 0 Å². The van der Waals surface area contributed by atoms with Crippen molar-refractivity contribution in [2.75, 3.05) is 0 Å². The molecule has 0 bridgehead atoms. The molecule has 2 amide bonds. The molecule has 4 heteroatoms. The molecular formula is C10H17N3O. The van der Waals surface area contributed by atoms with Gasteiger partial charge in [0.1, 0.15) is 0 Å². The van der Waals surface area contributed by atoms with Crippen LogP contribution < -0.4 is 11.2 Å². The molecule has 1 rings (SSSR count). The molecule has 1 aliphatic rings. The lowest BCUT2D eigenvalue weighted by Crippen LogP contribution is -2.24. The van der Waals surface area contributed by atoms with Crippen molar-refractivity contribution in [3.05, 3.63) is 11.1 Å². The Kier molecular flexibility index (Phi) is 4.16. The first kappa shape index (κ1) is 10.8. The number of hydrogen-bond donors (Lipinski definition) is 2. The van der Waals surface area contributed by atoms with Gasteiger partial charge in [-0.25, -0.2) is 10.2 Å². The lowest BCUT2D eigenvalue weighted by Gasteiger charge is -2.14. The lowest BCUT2D eigenvalue weighted by atomic mass is 9.92. The van der Waals surface area contributed by atoms with Crippen molar-refractivity contribution >= 4 is 12.2 Å². The Morgan fingerprint density at radius 2 is 2.07 bits per heavy atom. The maximum atomic E-state index is 10.3. The van der Waals surface area contributed by atoms with E-state index in [0.29, 0.717) is 0 Å². The summed E-state index contributed by atoms with van der Waals surface area (Å²) >= 11 is 0. The van der Waals surface area contributed by atoms with E-state index in [2.05, 4.69) is 10.5 Å². The number of urea groups is 1. The molecule has 0 radical (unpaired) electrons. The molecule has 0 aliphatic heterocycles. The summed E-state index contributed by atoms with van der Waals surface area (Å²) in [6.45, 7) is 2.02. The number of primary amides is 1. The number of amides is 2. The van der Waals surface area contributed by atoms with E-state index in [4.69, 9.17) is 5.73 Å². The zero-order chi connectivity index (χ0) is 10.4. The van der Waals surface area contributed by atoms with Crippen LogP contribution in [0.25, 0.3) is 0 Å². The Balaban J connectivity index is 2.49. The van der Waals surface area contributed by atoms with Gasteiger partial charge in [0.2, 0.25) is 0 Å². The van der Waals surface area contributed by atoms with Crippen LogP contribution >= 0.6 is 0 Å². The molecule has 1 aliphatic carbocycles.